The van der Waals surface area contributed by atoms with E-state index in [1.807, 2.05) is 39.8 Å². The number of aliphatic hydroxyl groups is 6. The zero-order chi connectivity index (χ0) is 66.8. The number of allylic oxidation sites excluding steroid dienone is 2. The number of hydrogen-bond donors (Lipinski definition) is 13. The van der Waals surface area contributed by atoms with Crippen molar-refractivity contribution in [3.63, 3.8) is 0 Å². The highest BCUT2D eigenvalue weighted by Crippen LogP contribution is 2.39. The van der Waals surface area contributed by atoms with Crippen molar-refractivity contribution in [1.82, 2.24) is 30.2 Å². The number of nitrogens with two attached hydrogens (primary N) is 5. The third kappa shape index (κ3) is 20.4. The number of guanidine groups is 1. The lowest BCUT2D eigenvalue weighted by atomic mass is 9.80. The fraction of sp³-hybridized carbons (Fsp3) is 0.814. The Balaban J connectivity index is 0.000000338. The molecular formula is C59H107ClN12O18. The van der Waals surface area contributed by atoms with Gasteiger partial charge in [-0.3, -0.25) is 11.1 Å². The number of carbonyl (C=O) groups is 2. The molecule has 0 bridgehead atoms. The molecule has 5 heterocycles. The van der Waals surface area contributed by atoms with Crippen molar-refractivity contribution in [2.75, 3.05) is 41.4 Å². The second-order valence-electron chi connectivity index (χ2n) is 26.4. The maximum Gasteiger partial charge on any atom is 0.410 e. The average molecular weight is 1310 g/mol. The number of halogens is 1. The van der Waals surface area contributed by atoms with Crippen LogP contribution in [0.2, 0.25) is 0 Å². The van der Waals surface area contributed by atoms with Crippen molar-refractivity contribution in [1.29, 1.82) is 0 Å². The summed E-state index contributed by atoms with van der Waals surface area (Å²) in [4.78, 5) is 32.2. The van der Waals surface area contributed by atoms with Gasteiger partial charge in [-0.25, -0.2) is 14.6 Å². The van der Waals surface area contributed by atoms with Gasteiger partial charge in [0.2, 0.25) is 12.6 Å². The molecule has 90 heavy (non-hydrogen) atoms. The minimum atomic E-state index is -1.61. The maximum atomic E-state index is 12.8. The number of aromatic nitrogens is 2. The minimum absolute atomic E-state index is 0. The highest BCUT2D eigenvalue weighted by Gasteiger charge is 2.56. The van der Waals surface area contributed by atoms with E-state index in [1.165, 1.54) is 32.6 Å². The monoisotopic (exact) mass is 1310 g/mol. The van der Waals surface area contributed by atoms with E-state index in [1.54, 1.807) is 74.1 Å². The van der Waals surface area contributed by atoms with Gasteiger partial charge in [-0.15, -0.1) is 9.78 Å². The van der Waals surface area contributed by atoms with E-state index >= 15 is 0 Å². The number of ether oxygens (including phenoxy) is 10. The van der Waals surface area contributed by atoms with E-state index < -0.39 is 127 Å². The minimum Gasteiger partial charge on any atom is -1.00 e. The summed E-state index contributed by atoms with van der Waals surface area (Å²) < 4.78 is 60.8. The zero-order valence-electron chi connectivity index (χ0n) is 55.2. The highest BCUT2D eigenvalue weighted by molar-refractivity contribution is 5.76. The third-order valence-corrected chi connectivity index (χ3v) is 16.4. The van der Waals surface area contributed by atoms with E-state index in [2.05, 4.69) is 20.7 Å². The van der Waals surface area contributed by atoms with Crippen LogP contribution in [0.3, 0.4) is 0 Å². The number of aliphatic hydroxyl groups excluding tert-OH is 4. The molecule has 6 aliphatic rings. The molecular weight excluding hydrogens is 1200 g/mol. The van der Waals surface area contributed by atoms with Crippen molar-refractivity contribution in [3.05, 3.63) is 42.1 Å². The molecule has 22 atom stereocenters. The predicted octanol–water partition coefficient (Wildman–Crippen LogP) is -4.24. The fourth-order valence-corrected chi connectivity index (χ4v) is 11.9. The molecule has 1 aromatic heterocycles. The molecule has 2 amide bonds. The molecule has 0 spiro atoms. The molecule has 518 valence electrons. The Bertz CT molecular complexity index is 2520. The lowest BCUT2D eigenvalue weighted by Crippen LogP contribution is -3.00. The molecule has 31 heteroatoms. The Morgan fingerprint density at radius 2 is 1.11 bits per heavy atom. The van der Waals surface area contributed by atoms with Crippen LogP contribution in [0.15, 0.2) is 47.1 Å². The summed E-state index contributed by atoms with van der Waals surface area (Å²) in [6, 6.07) is -1.97. The molecule has 2 unspecified atom stereocenters. The number of aliphatic imine (C=N–C) groups is 1. The van der Waals surface area contributed by atoms with E-state index in [9.17, 15) is 40.2 Å². The van der Waals surface area contributed by atoms with Crippen LogP contribution in [0.5, 0.6) is 0 Å². The Morgan fingerprint density at radius 3 is 1.47 bits per heavy atom. The number of nitrogens with zero attached hydrogens (tertiary/aromatic N) is 5. The Morgan fingerprint density at radius 1 is 0.711 bits per heavy atom. The number of nitrogens with one attached hydrogen (secondary N) is 2. The number of amides is 2. The lowest BCUT2D eigenvalue weighted by Gasteiger charge is -2.50. The van der Waals surface area contributed by atoms with Gasteiger partial charge >= 0.3 is 18.1 Å². The number of carbonyl (C=O) groups excluding carboxylic acids is 2. The average Bonchev–Trinajstić information content (AvgIpc) is 0.959. The van der Waals surface area contributed by atoms with Gasteiger partial charge in [0.25, 0.3) is 0 Å². The van der Waals surface area contributed by atoms with Crippen LogP contribution in [0.4, 0.5) is 9.59 Å². The zero-order valence-corrected chi connectivity index (χ0v) is 55.9. The Hall–Kier alpha value is -4.74. The number of rotatable bonds is 15. The van der Waals surface area contributed by atoms with Crippen LogP contribution in [-0.4, -0.2) is 248 Å². The van der Waals surface area contributed by atoms with E-state index in [4.69, 9.17) is 75.7 Å². The lowest BCUT2D eigenvalue weighted by molar-refractivity contribution is -0.313. The van der Waals surface area contributed by atoms with E-state index in [0.717, 1.165) is 21.3 Å². The van der Waals surface area contributed by atoms with E-state index in [0.29, 0.717) is 38.5 Å². The second kappa shape index (κ2) is 32.9. The van der Waals surface area contributed by atoms with Crippen LogP contribution in [0.1, 0.15) is 122 Å². The number of hydrogen-bond acceptors (Lipinski definition) is 23. The molecule has 2 aliphatic carbocycles. The summed E-state index contributed by atoms with van der Waals surface area (Å²) in [6.45, 7) is 20.7. The van der Waals surface area contributed by atoms with Gasteiger partial charge in [0.05, 0.1) is 67.5 Å². The van der Waals surface area contributed by atoms with Crippen LogP contribution in [-0.2, 0) is 47.4 Å². The Labute approximate surface area is 535 Å². The molecule has 18 N–H and O–H groups in total. The van der Waals surface area contributed by atoms with Gasteiger partial charge in [0, 0.05) is 39.0 Å². The van der Waals surface area contributed by atoms with Crippen molar-refractivity contribution >= 4 is 24.1 Å². The van der Waals surface area contributed by atoms with Crippen LogP contribution in [0, 0.1) is 11.8 Å². The van der Waals surface area contributed by atoms with Crippen molar-refractivity contribution < 1.29 is 105 Å². The standard InChI is InChI=1S/C28H51N5O9.C27H49N3O9.C4H6N4.ClH/c1-9-15-10-11-16(32-25(29)30)23(39-15)40-20-14(2)12-17(31-7)21(18(20)34)41-24-19(35)22(28(6,37)13-38-24)33(8)26(36)42-27(3,4)5;1-9-15-10-11-16(28)23(36-15)37-20-14(2)12-17(29-7)21(18(20)31)38-24-19(32)22(27(6,34)13-35-24)30(8)25(33)39-26(3,4)5;5-4(6)8-3-1-2-7-8;/h10,14,16-24,31,34-35,37H,9,11-13H2,1-8H3,(H4,29,30,32);10,14,16-24,29,31-32,34H,9,11-13,28H2,1-8H3;1-3H,(H3,5,6);1H/t14-,16+,17+,18-,19+,20?,21-,22+,23+,24+,28-;14-,16+,17+,18-,19+,20?,21-,22+,23+,24+,27-;;/m00../s1. The van der Waals surface area contributed by atoms with Crippen molar-refractivity contribution in [3.8, 4) is 0 Å². The normalized spacial score (nSPS) is 37.0. The Kier molecular flexibility index (Phi) is 28.4. The molecule has 2 saturated heterocycles. The number of likely N-dealkylation sites (N-methyl/N-ethyl adjacent to an activating group) is 4. The maximum absolute atomic E-state index is 12.8. The molecule has 0 radical (unpaired) electrons. The van der Waals surface area contributed by atoms with Crippen LogP contribution >= 0.6 is 0 Å². The van der Waals surface area contributed by atoms with Gasteiger partial charge in [-0.1, -0.05) is 27.7 Å². The first-order valence-electron chi connectivity index (χ1n) is 30.6. The first-order valence-corrected chi connectivity index (χ1v) is 30.6. The van der Waals surface area contributed by atoms with E-state index in [-0.39, 0.29) is 67.5 Å². The van der Waals surface area contributed by atoms with Gasteiger partial charge in [-0.05, 0) is 125 Å². The molecule has 0 aromatic carbocycles. The second-order valence-corrected chi connectivity index (χ2v) is 26.4. The molecule has 4 fully saturated rings. The summed E-state index contributed by atoms with van der Waals surface area (Å²) in [5, 5.41) is 83.1. The summed E-state index contributed by atoms with van der Waals surface area (Å²) in [7, 11) is 6.40. The summed E-state index contributed by atoms with van der Waals surface area (Å²) in [5.74, 6) is 1.45. The van der Waals surface area contributed by atoms with Gasteiger partial charge in [0.15, 0.2) is 18.5 Å². The van der Waals surface area contributed by atoms with Gasteiger partial charge in [0.1, 0.15) is 65.1 Å². The van der Waals surface area contributed by atoms with Crippen LogP contribution < -0.4 is 51.4 Å². The van der Waals surface area contributed by atoms with Gasteiger partial charge in [-0.2, -0.15) is 0 Å². The quantitative estimate of drug-likeness (QED) is 0.0584. The smallest absolute Gasteiger partial charge is 0.410 e. The molecule has 1 aromatic rings. The topological polar surface area (TPSA) is 438 Å². The van der Waals surface area contributed by atoms with Crippen molar-refractivity contribution in [2.24, 2.45) is 39.8 Å². The molecule has 30 nitrogen and oxygen atoms in total. The van der Waals surface area contributed by atoms with Gasteiger partial charge < -0.3 is 128 Å². The largest absolute Gasteiger partial charge is 1.00 e. The summed E-state index contributed by atoms with van der Waals surface area (Å²) >= 11 is 0. The fourth-order valence-electron chi connectivity index (χ4n) is 11.9. The molecule has 4 aliphatic heterocycles. The first-order chi connectivity index (χ1) is 41.4. The van der Waals surface area contributed by atoms with Crippen molar-refractivity contribution in [2.45, 2.75) is 254 Å². The summed E-state index contributed by atoms with van der Waals surface area (Å²) in [6.07, 6.45) is -3.01. The first kappa shape index (κ1) is 77.7. The molecule has 7 rings (SSSR count). The SMILES string of the molecule is CCC1=CC[C@@H](N)[C@@H](OC2[C@@H](C)C[C@@H](NC)[C@H](O[C@H]3OC[C@](C)(O)[C@H](N(C)C(=O)OC(C)(C)C)[C@H]3O)[C@H]2O)O1.CCC1=CC[C@@H](N=C(N)N)[C@@H](OC2[C@@H](C)C[C@@H](NC)[C@H](O[C@H]3OC[C@](C)(O)[C@H](N(C)C(=O)OC(C)(C)C)[C@H]3O)[C@H]2O)O1.NC(=[NH2+])n1cccn1.[Cl-]. The third-order valence-electron chi connectivity index (χ3n) is 16.4. The summed E-state index contributed by atoms with van der Waals surface area (Å²) in [5.41, 5.74) is 18.0. The highest BCUT2D eigenvalue weighted by atomic mass is 35.5. The predicted molar refractivity (Wildman–Crippen MR) is 325 cm³/mol. The van der Waals surface area contributed by atoms with Crippen LogP contribution in [0.25, 0.3) is 0 Å². The molecule has 2 saturated carbocycles.